The Bertz CT molecular complexity index is 554. The third-order valence-electron chi connectivity index (χ3n) is 2.76. The molecule has 0 bridgehead atoms. The highest BCUT2D eigenvalue weighted by molar-refractivity contribution is 7.89. The highest BCUT2D eigenvalue weighted by Crippen LogP contribution is 2.38. The van der Waals surface area contributed by atoms with Crippen LogP contribution in [-0.2, 0) is 14.8 Å². The van der Waals surface area contributed by atoms with E-state index < -0.39 is 20.0 Å². The van der Waals surface area contributed by atoms with Crippen molar-refractivity contribution in [2.75, 3.05) is 13.2 Å². The molecule has 0 N–H and O–H groups in total. The van der Waals surface area contributed by atoms with Crippen molar-refractivity contribution in [1.82, 2.24) is 4.31 Å². The highest BCUT2D eigenvalue weighted by atomic mass is 35.6. The second-order valence-corrected chi connectivity index (χ2v) is 8.45. The van der Waals surface area contributed by atoms with E-state index >= 15 is 0 Å². The van der Waals surface area contributed by atoms with Crippen LogP contribution in [0.15, 0.2) is 29.2 Å². The van der Waals surface area contributed by atoms with Gasteiger partial charge >= 0.3 is 0 Å². The maximum absolute atomic E-state index is 12.5. The van der Waals surface area contributed by atoms with Gasteiger partial charge in [-0.3, -0.25) is 0 Å². The lowest BCUT2D eigenvalue weighted by molar-refractivity contribution is 0.0719. The lowest BCUT2D eigenvalue weighted by Gasteiger charge is -2.27. The smallest absolute Gasteiger partial charge is 0.245 e. The molecule has 1 fully saturated rings. The maximum Gasteiger partial charge on any atom is 0.245 e. The summed E-state index contributed by atoms with van der Waals surface area (Å²) < 4.78 is 29.4. The molecule has 19 heavy (non-hydrogen) atoms. The van der Waals surface area contributed by atoms with Crippen LogP contribution in [0.25, 0.3) is 0 Å². The largest absolute Gasteiger partial charge is 0.356 e. The molecule has 1 aliphatic heterocycles. The molecule has 1 heterocycles. The van der Waals surface area contributed by atoms with Crippen LogP contribution in [0.5, 0.6) is 0 Å². The molecule has 8 heteroatoms. The Kier molecular flexibility index (Phi) is 4.35. The van der Waals surface area contributed by atoms with Gasteiger partial charge < -0.3 is 4.74 Å². The average Bonchev–Trinajstić information content (AvgIpc) is 2.78. The van der Waals surface area contributed by atoms with Gasteiger partial charge in [-0.2, -0.15) is 4.31 Å². The number of benzene rings is 1. The second-order valence-electron chi connectivity index (χ2n) is 4.19. The third-order valence-corrected chi connectivity index (χ3v) is 5.18. The van der Waals surface area contributed by atoms with Gasteiger partial charge in [-0.1, -0.05) is 52.5 Å². The molecular formula is C11H12Cl3NO3S. The number of halogens is 3. The van der Waals surface area contributed by atoms with Crippen molar-refractivity contribution in [3.8, 4) is 0 Å². The Morgan fingerprint density at radius 3 is 2.37 bits per heavy atom. The molecule has 1 aromatic rings. The quantitative estimate of drug-likeness (QED) is 0.775. The lowest BCUT2D eigenvalue weighted by atomic mass is 10.2. The zero-order valence-electron chi connectivity index (χ0n) is 10.0. The number of hydrogen-bond donors (Lipinski definition) is 0. The molecule has 0 spiro atoms. The topological polar surface area (TPSA) is 46.6 Å². The van der Waals surface area contributed by atoms with Gasteiger partial charge in [0.25, 0.3) is 0 Å². The first kappa shape index (κ1) is 15.4. The minimum atomic E-state index is -3.73. The van der Waals surface area contributed by atoms with E-state index in [2.05, 4.69) is 0 Å². The molecule has 106 valence electrons. The summed E-state index contributed by atoms with van der Waals surface area (Å²) in [5.74, 6) is 0. The third kappa shape index (κ3) is 3.17. The van der Waals surface area contributed by atoms with Gasteiger partial charge in [-0.15, -0.1) is 0 Å². The fraction of sp³-hybridized carbons (Fsp3) is 0.455. The van der Waals surface area contributed by atoms with E-state index in [0.717, 1.165) is 9.87 Å². The van der Waals surface area contributed by atoms with Crippen LogP contribution in [0, 0.1) is 6.92 Å². The highest BCUT2D eigenvalue weighted by Gasteiger charge is 2.47. The molecule has 1 unspecified atom stereocenters. The van der Waals surface area contributed by atoms with Crippen molar-refractivity contribution >= 4 is 44.8 Å². The Morgan fingerprint density at radius 1 is 1.26 bits per heavy atom. The summed E-state index contributed by atoms with van der Waals surface area (Å²) in [5.41, 5.74) is 0.967. The Balaban J connectivity index is 2.37. The number of rotatable bonds is 2. The van der Waals surface area contributed by atoms with Gasteiger partial charge in [-0.05, 0) is 19.1 Å². The van der Waals surface area contributed by atoms with Gasteiger partial charge in [-0.25, -0.2) is 8.42 Å². The fourth-order valence-corrected chi connectivity index (χ4v) is 4.06. The summed E-state index contributed by atoms with van der Waals surface area (Å²) >= 11 is 17.3. The first-order chi connectivity index (χ1) is 8.73. The SMILES string of the molecule is Cc1ccc(S(=O)(=O)N2CCOC2C(Cl)(Cl)Cl)cc1. The second kappa shape index (κ2) is 5.39. The Hall–Kier alpha value is -0.0400. The van der Waals surface area contributed by atoms with Crippen LogP contribution < -0.4 is 0 Å². The van der Waals surface area contributed by atoms with Crippen molar-refractivity contribution in [1.29, 1.82) is 0 Å². The summed E-state index contributed by atoms with van der Waals surface area (Å²) in [7, 11) is -3.73. The van der Waals surface area contributed by atoms with Crippen molar-refractivity contribution in [2.45, 2.75) is 21.8 Å². The standard InChI is InChI=1S/C11H12Cl3NO3S/c1-8-2-4-9(5-3-8)19(16,17)15-6-7-18-10(15)11(12,13)14/h2-5,10H,6-7H2,1H3. The predicted molar refractivity (Wildman–Crippen MR) is 75.1 cm³/mol. The maximum atomic E-state index is 12.5. The minimum Gasteiger partial charge on any atom is -0.356 e. The average molecular weight is 345 g/mol. The van der Waals surface area contributed by atoms with Crippen LogP contribution in [0.4, 0.5) is 0 Å². The molecule has 1 aliphatic rings. The van der Waals surface area contributed by atoms with Crippen LogP contribution in [0.3, 0.4) is 0 Å². The van der Waals surface area contributed by atoms with E-state index in [9.17, 15) is 8.42 Å². The molecule has 0 aliphatic carbocycles. The fourth-order valence-electron chi connectivity index (χ4n) is 1.80. The summed E-state index contributed by atoms with van der Waals surface area (Å²) in [5, 5.41) is 0. The number of hydrogen-bond acceptors (Lipinski definition) is 3. The number of nitrogens with zero attached hydrogens (tertiary/aromatic N) is 1. The lowest BCUT2D eigenvalue weighted by Crippen LogP contribution is -2.43. The number of ether oxygens (including phenoxy) is 1. The van der Waals surface area contributed by atoms with Gasteiger partial charge in [0.15, 0.2) is 6.23 Å². The molecular weight excluding hydrogens is 333 g/mol. The normalized spacial score (nSPS) is 21.8. The zero-order chi connectivity index (χ0) is 14.3. The number of sulfonamides is 1. The van der Waals surface area contributed by atoms with Crippen molar-refractivity contribution < 1.29 is 13.2 Å². The number of aryl methyl sites for hydroxylation is 1. The van der Waals surface area contributed by atoms with E-state index in [0.29, 0.717) is 0 Å². The summed E-state index contributed by atoms with van der Waals surface area (Å²) in [6.45, 7) is 2.23. The van der Waals surface area contributed by atoms with Gasteiger partial charge in [0.1, 0.15) is 0 Å². The van der Waals surface area contributed by atoms with Crippen LogP contribution >= 0.6 is 34.8 Å². The minimum absolute atomic E-state index is 0.155. The molecule has 2 rings (SSSR count). The van der Waals surface area contributed by atoms with E-state index in [4.69, 9.17) is 39.5 Å². The van der Waals surface area contributed by atoms with E-state index in [-0.39, 0.29) is 18.0 Å². The Morgan fingerprint density at radius 2 is 1.84 bits per heavy atom. The van der Waals surface area contributed by atoms with Gasteiger partial charge in [0.05, 0.1) is 11.5 Å². The molecule has 1 aromatic carbocycles. The van der Waals surface area contributed by atoms with Crippen molar-refractivity contribution in [2.24, 2.45) is 0 Å². The van der Waals surface area contributed by atoms with Crippen molar-refractivity contribution in [3.05, 3.63) is 29.8 Å². The molecule has 0 saturated carbocycles. The Labute approximate surface area is 127 Å². The molecule has 0 amide bonds. The van der Waals surface area contributed by atoms with Crippen molar-refractivity contribution in [3.63, 3.8) is 0 Å². The summed E-state index contributed by atoms with van der Waals surface area (Å²) in [6.07, 6.45) is -1.11. The summed E-state index contributed by atoms with van der Waals surface area (Å²) in [6, 6.07) is 6.49. The van der Waals surface area contributed by atoms with E-state index in [1.165, 1.54) is 12.1 Å². The first-order valence-electron chi connectivity index (χ1n) is 5.50. The molecule has 0 radical (unpaired) electrons. The van der Waals surface area contributed by atoms with E-state index in [1.807, 2.05) is 6.92 Å². The monoisotopic (exact) mass is 343 g/mol. The first-order valence-corrected chi connectivity index (χ1v) is 8.07. The van der Waals surface area contributed by atoms with Crippen LogP contribution in [0.2, 0.25) is 0 Å². The van der Waals surface area contributed by atoms with Gasteiger partial charge in [0.2, 0.25) is 13.8 Å². The molecule has 1 saturated heterocycles. The van der Waals surface area contributed by atoms with Crippen LogP contribution in [-0.4, -0.2) is 35.9 Å². The molecule has 4 nitrogen and oxygen atoms in total. The molecule has 1 atom stereocenters. The van der Waals surface area contributed by atoms with Crippen LogP contribution in [0.1, 0.15) is 5.56 Å². The number of alkyl halides is 3. The van der Waals surface area contributed by atoms with E-state index in [1.54, 1.807) is 12.1 Å². The predicted octanol–water partition coefficient (Wildman–Crippen LogP) is 2.71. The zero-order valence-corrected chi connectivity index (χ0v) is 13.1. The summed E-state index contributed by atoms with van der Waals surface area (Å²) in [4.78, 5) is 0.155. The molecule has 0 aromatic heterocycles. The van der Waals surface area contributed by atoms with Gasteiger partial charge in [0, 0.05) is 6.54 Å².